The Balaban J connectivity index is 3.12. The molecule has 0 heterocycles. The van der Waals surface area contributed by atoms with Crippen LogP contribution in [0.3, 0.4) is 0 Å². The lowest BCUT2D eigenvalue weighted by atomic mass is 10.2. The first-order valence-electron chi connectivity index (χ1n) is 8.84. The van der Waals surface area contributed by atoms with Gasteiger partial charge in [0.05, 0.1) is 0 Å². The molecule has 1 aromatic carbocycles. The molecule has 0 saturated heterocycles. The van der Waals surface area contributed by atoms with E-state index in [-0.39, 0.29) is 0 Å². The summed E-state index contributed by atoms with van der Waals surface area (Å²) in [6, 6.07) is 11.5. The number of benzene rings is 1. The molecule has 0 unspecified atom stereocenters. The zero-order chi connectivity index (χ0) is 18.6. The van der Waals surface area contributed by atoms with Crippen LogP contribution in [-0.4, -0.2) is 33.8 Å². The van der Waals surface area contributed by atoms with Gasteiger partial charge in [-0.15, -0.1) is 0 Å². The lowest BCUT2D eigenvalue weighted by molar-refractivity contribution is 0.252. The number of aryl methyl sites for hydroxylation is 1. The SMILES string of the molecule is C[Si](C)(C)O[Si](CCc1ccccc1)(O[Si](C)(C)C)O[Si](C)(C)C. The lowest BCUT2D eigenvalue weighted by Crippen LogP contribution is -2.60. The number of hydrogen-bond donors (Lipinski definition) is 0. The number of hydrogen-bond acceptors (Lipinski definition) is 3. The molecule has 0 fully saturated rings. The second-order valence-corrected chi connectivity index (χ2v) is 26.3. The van der Waals surface area contributed by atoms with Crippen LogP contribution in [0.5, 0.6) is 0 Å². The van der Waals surface area contributed by atoms with Crippen molar-refractivity contribution in [3.63, 3.8) is 0 Å². The van der Waals surface area contributed by atoms with E-state index in [9.17, 15) is 0 Å². The fourth-order valence-corrected chi connectivity index (χ4v) is 17.2. The van der Waals surface area contributed by atoms with Crippen molar-refractivity contribution in [1.29, 1.82) is 0 Å². The summed E-state index contributed by atoms with van der Waals surface area (Å²) in [5.74, 6) is 0. The minimum atomic E-state index is -2.70. The van der Waals surface area contributed by atoms with Gasteiger partial charge in [-0.2, -0.15) is 0 Å². The van der Waals surface area contributed by atoms with E-state index in [4.69, 9.17) is 12.3 Å². The van der Waals surface area contributed by atoms with E-state index in [0.717, 1.165) is 12.5 Å². The maximum absolute atomic E-state index is 6.70. The molecule has 0 aliphatic carbocycles. The highest BCUT2D eigenvalue weighted by Gasteiger charge is 2.49. The van der Waals surface area contributed by atoms with Crippen LogP contribution in [0, 0.1) is 0 Å². The van der Waals surface area contributed by atoms with Crippen LogP contribution >= 0.6 is 0 Å². The second kappa shape index (κ2) is 8.11. The largest absolute Gasteiger partial charge is 0.469 e. The quantitative estimate of drug-likeness (QED) is 0.496. The average Bonchev–Trinajstić information content (AvgIpc) is 2.31. The molecule has 0 aromatic heterocycles. The fraction of sp³-hybridized carbons (Fsp3) is 0.647. The first-order chi connectivity index (χ1) is 10.7. The van der Waals surface area contributed by atoms with Crippen LogP contribution in [0.1, 0.15) is 5.56 Å². The molecule has 1 aromatic rings. The Bertz CT molecular complexity index is 461. The Hall–Kier alpha value is -0.0325. The van der Waals surface area contributed by atoms with Gasteiger partial charge in [-0.3, -0.25) is 0 Å². The predicted molar refractivity (Wildman–Crippen MR) is 114 cm³/mol. The Labute approximate surface area is 153 Å². The van der Waals surface area contributed by atoms with E-state index < -0.39 is 33.8 Å². The highest BCUT2D eigenvalue weighted by Crippen LogP contribution is 2.30. The van der Waals surface area contributed by atoms with E-state index >= 15 is 0 Å². The molecule has 138 valence electrons. The third-order valence-corrected chi connectivity index (χ3v) is 14.9. The highest BCUT2D eigenvalue weighted by atomic mass is 28.5. The summed E-state index contributed by atoms with van der Waals surface area (Å²) < 4.78 is 20.1. The van der Waals surface area contributed by atoms with Crippen LogP contribution in [0.25, 0.3) is 0 Å². The highest BCUT2D eigenvalue weighted by molar-refractivity contribution is 6.90. The van der Waals surface area contributed by atoms with Gasteiger partial charge in [0.15, 0.2) is 25.0 Å². The molecule has 0 spiro atoms. The van der Waals surface area contributed by atoms with Gasteiger partial charge < -0.3 is 12.3 Å². The van der Waals surface area contributed by atoms with Gasteiger partial charge >= 0.3 is 8.80 Å². The minimum absolute atomic E-state index is 0.871. The summed E-state index contributed by atoms with van der Waals surface area (Å²) in [6.07, 6.45) is 0.951. The summed E-state index contributed by atoms with van der Waals surface area (Å²) in [6.45, 7) is 20.1. The van der Waals surface area contributed by atoms with Crippen molar-refractivity contribution < 1.29 is 12.3 Å². The standard InChI is InChI=1S/C17H36O3Si4/c1-21(2,3)18-24(19-22(4,5)6,20-23(7,8)9)16-15-17-13-11-10-12-14-17/h10-14H,15-16H2,1-9H3. The molecule has 0 saturated carbocycles. The fourth-order valence-electron chi connectivity index (χ4n) is 2.56. The van der Waals surface area contributed by atoms with Crippen molar-refractivity contribution in [2.45, 2.75) is 71.4 Å². The van der Waals surface area contributed by atoms with Gasteiger partial charge in [0.2, 0.25) is 0 Å². The summed E-state index contributed by atoms with van der Waals surface area (Å²) in [4.78, 5) is 0. The summed E-state index contributed by atoms with van der Waals surface area (Å²) in [5.41, 5.74) is 1.33. The monoisotopic (exact) mass is 400 g/mol. The summed E-state index contributed by atoms with van der Waals surface area (Å²) in [5, 5.41) is 0. The van der Waals surface area contributed by atoms with Crippen molar-refractivity contribution in [3.8, 4) is 0 Å². The van der Waals surface area contributed by atoms with Crippen LogP contribution in [0.15, 0.2) is 30.3 Å². The summed E-state index contributed by atoms with van der Waals surface area (Å²) >= 11 is 0. The first kappa shape index (κ1) is 22.0. The van der Waals surface area contributed by atoms with E-state index in [0.29, 0.717) is 0 Å². The van der Waals surface area contributed by atoms with Crippen molar-refractivity contribution in [2.75, 3.05) is 0 Å². The van der Waals surface area contributed by atoms with E-state index in [1.165, 1.54) is 5.56 Å². The smallest absolute Gasteiger partial charge is 0.417 e. The summed E-state index contributed by atoms with van der Waals surface area (Å²) in [7, 11) is -8.02. The lowest BCUT2D eigenvalue weighted by Gasteiger charge is -2.43. The topological polar surface area (TPSA) is 27.7 Å². The first-order valence-corrected chi connectivity index (χ1v) is 21.0. The molecule has 0 aliphatic rings. The maximum Gasteiger partial charge on any atom is 0.469 e. The van der Waals surface area contributed by atoms with Gasteiger partial charge in [0.1, 0.15) is 0 Å². The molecule has 1 rings (SSSR count). The molecule has 0 radical (unpaired) electrons. The minimum Gasteiger partial charge on any atom is -0.417 e. The van der Waals surface area contributed by atoms with Crippen molar-refractivity contribution in [1.82, 2.24) is 0 Å². The Morgan fingerprint density at radius 1 is 0.625 bits per heavy atom. The van der Waals surface area contributed by atoms with Crippen molar-refractivity contribution >= 4 is 33.8 Å². The molecule has 3 nitrogen and oxygen atoms in total. The molecule has 0 N–H and O–H groups in total. The average molecular weight is 401 g/mol. The van der Waals surface area contributed by atoms with Crippen LogP contribution in [0.4, 0.5) is 0 Å². The molecular weight excluding hydrogens is 365 g/mol. The molecular formula is C17H36O3Si4. The molecule has 0 amide bonds. The zero-order valence-electron chi connectivity index (χ0n) is 17.0. The Morgan fingerprint density at radius 3 is 1.33 bits per heavy atom. The molecule has 24 heavy (non-hydrogen) atoms. The van der Waals surface area contributed by atoms with Gasteiger partial charge in [-0.1, -0.05) is 30.3 Å². The van der Waals surface area contributed by atoms with Crippen LogP contribution < -0.4 is 0 Å². The van der Waals surface area contributed by atoms with E-state index in [2.05, 4.69) is 89.3 Å². The van der Waals surface area contributed by atoms with Crippen LogP contribution in [-0.2, 0) is 18.8 Å². The third-order valence-electron chi connectivity index (χ3n) is 2.95. The van der Waals surface area contributed by atoms with Crippen LogP contribution in [0.2, 0.25) is 65.0 Å². The predicted octanol–water partition coefficient (Wildman–Crippen LogP) is 5.72. The maximum atomic E-state index is 6.70. The molecule has 7 heteroatoms. The van der Waals surface area contributed by atoms with Gasteiger partial charge in [0.25, 0.3) is 0 Å². The van der Waals surface area contributed by atoms with E-state index in [1.54, 1.807) is 0 Å². The zero-order valence-corrected chi connectivity index (χ0v) is 21.0. The van der Waals surface area contributed by atoms with Crippen molar-refractivity contribution in [2.24, 2.45) is 0 Å². The molecule has 0 aliphatic heterocycles. The Kier molecular flexibility index (Phi) is 7.44. The molecule has 0 atom stereocenters. The Morgan fingerprint density at radius 2 is 1.00 bits per heavy atom. The van der Waals surface area contributed by atoms with Gasteiger partial charge in [-0.25, -0.2) is 0 Å². The van der Waals surface area contributed by atoms with E-state index in [1.807, 2.05) is 0 Å². The van der Waals surface area contributed by atoms with Gasteiger partial charge in [-0.05, 0) is 70.9 Å². The third kappa shape index (κ3) is 9.45. The van der Waals surface area contributed by atoms with Gasteiger partial charge in [0, 0.05) is 6.04 Å². The molecule has 0 bridgehead atoms. The van der Waals surface area contributed by atoms with Crippen molar-refractivity contribution in [3.05, 3.63) is 35.9 Å². The second-order valence-electron chi connectivity index (χ2n) is 9.31. The normalized spacial score (nSPS) is 14.0. The number of rotatable bonds is 9.